The molecule has 4 nitrogen and oxygen atoms in total. The lowest BCUT2D eigenvalue weighted by Gasteiger charge is -2.36. The molecule has 1 aliphatic rings. The van der Waals surface area contributed by atoms with Crippen molar-refractivity contribution in [2.75, 3.05) is 0 Å². The first kappa shape index (κ1) is 17.4. The number of hydrogen-bond donors (Lipinski definition) is 0. The summed E-state index contributed by atoms with van der Waals surface area (Å²) in [6.07, 6.45) is 4.07. The minimum Gasteiger partial charge on any atom is -0.458 e. The Bertz CT molecular complexity index is 565. The number of carbonyl (C=O) groups is 2. The van der Waals surface area contributed by atoms with Gasteiger partial charge in [0.15, 0.2) is 0 Å². The predicted molar refractivity (Wildman–Crippen MR) is 90.5 cm³/mol. The summed E-state index contributed by atoms with van der Waals surface area (Å²) < 4.78 is 5.58. The summed E-state index contributed by atoms with van der Waals surface area (Å²) in [6, 6.07) is 8.69. The molecule has 1 aromatic rings. The number of carbonyl (C=O) groups excluding carboxylic acids is 2. The highest BCUT2D eigenvalue weighted by atomic mass is 16.5. The molecule has 23 heavy (non-hydrogen) atoms. The van der Waals surface area contributed by atoms with E-state index in [4.69, 9.17) is 4.74 Å². The number of ether oxygens (including phenoxy) is 1. The van der Waals surface area contributed by atoms with Gasteiger partial charge < -0.3 is 4.74 Å². The zero-order chi connectivity index (χ0) is 16.8. The Labute approximate surface area is 138 Å². The molecule has 0 saturated heterocycles. The number of aliphatic imine (C=N–C) groups is 1. The van der Waals surface area contributed by atoms with Crippen LogP contribution < -0.4 is 0 Å². The highest BCUT2D eigenvalue weighted by molar-refractivity contribution is 6.26. The second kappa shape index (κ2) is 8.04. The summed E-state index contributed by atoms with van der Waals surface area (Å²) in [5, 5.41) is 0. The molecule has 0 aromatic heterocycles. The Hall–Kier alpha value is -1.97. The lowest BCUT2D eigenvalue weighted by Crippen LogP contribution is -2.36. The molecular formula is C19H25NO3. The SMILES string of the molecule is CC(C)[C@H]1CC[C@H](C)C[C@@H]1OC(=O)C=NC(=O)c1ccccc1. The summed E-state index contributed by atoms with van der Waals surface area (Å²) in [7, 11) is 0. The van der Waals surface area contributed by atoms with E-state index in [2.05, 4.69) is 25.8 Å². The quantitative estimate of drug-likeness (QED) is 0.625. The maximum Gasteiger partial charge on any atom is 0.349 e. The normalized spacial score (nSPS) is 24.8. The highest BCUT2D eigenvalue weighted by Gasteiger charge is 2.33. The first-order valence-electron chi connectivity index (χ1n) is 8.31. The van der Waals surface area contributed by atoms with Crippen LogP contribution in [-0.2, 0) is 9.53 Å². The van der Waals surface area contributed by atoms with Crippen LogP contribution in [0, 0.1) is 17.8 Å². The fraction of sp³-hybridized carbons (Fsp3) is 0.526. The summed E-state index contributed by atoms with van der Waals surface area (Å²) in [5.74, 6) is 0.459. The van der Waals surface area contributed by atoms with E-state index in [0.717, 1.165) is 19.1 Å². The molecule has 1 saturated carbocycles. The van der Waals surface area contributed by atoms with E-state index in [9.17, 15) is 9.59 Å². The van der Waals surface area contributed by atoms with Gasteiger partial charge in [-0.25, -0.2) is 9.79 Å². The molecule has 1 aromatic carbocycles. The Balaban J connectivity index is 1.95. The van der Waals surface area contributed by atoms with E-state index in [1.54, 1.807) is 24.3 Å². The second-order valence-electron chi connectivity index (χ2n) is 6.73. The molecule has 4 heteroatoms. The van der Waals surface area contributed by atoms with Crippen LogP contribution in [-0.4, -0.2) is 24.2 Å². The van der Waals surface area contributed by atoms with Crippen molar-refractivity contribution in [2.24, 2.45) is 22.7 Å². The number of amides is 1. The maximum atomic E-state index is 12.0. The van der Waals surface area contributed by atoms with Crippen molar-refractivity contribution in [1.82, 2.24) is 0 Å². The van der Waals surface area contributed by atoms with Gasteiger partial charge in [-0.3, -0.25) is 4.79 Å². The Kier molecular flexibility index (Phi) is 6.08. The second-order valence-corrected chi connectivity index (χ2v) is 6.73. The molecule has 0 aliphatic heterocycles. The van der Waals surface area contributed by atoms with Crippen LogP contribution in [0.15, 0.2) is 35.3 Å². The van der Waals surface area contributed by atoms with E-state index < -0.39 is 11.9 Å². The van der Waals surface area contributed by atoms with Gasteiger partial charge in [-0.2, -0.15) is 0 Å². The van der Waals surface area contributed by atoms with Crippen LogP contribution in [0.4, 0.5) is 0 Å². The van der Waals surface area contributed by atoms with E-state index in [-0.39, 0.29) is 6.10 Å². The highest BCUT2D eigenvalue weighted by Crippen LogP contribution is 2.35. The van der Waals surface area contributed by atoms with Gasteiger partial charge in [-0.15, -0.1) is 0 Å². The third kappa shape index (κ3) is 5.02. The maximum absolute atomic E-state index is 12.0. The van der Waals surface area contributed by atoms with Crippen LogP contribution in [0.25, 0.3) is 0 Å². The van der Waals surface area contributed by atoms with E-state index >= 15 is 0 Å². The smallest absolute Gasteiger partial charge is 0.349 e. The number of nitrogens with zero attached hydrogens (tertiary/aromatic N) is 1. The molecule has 0 heterocycles. The lowest BCUT2D eigenvalue weighted by molar-refractivity contribution is -0.146. The average molecular weight is 315 g/mol. The van der Waals surface area contributed by atoms with Gasteiger partial charge in [0.1, 0.15) is 12.3 Å². The standard InChI is InChI=1S/C19H25NO3/c1-13(2)16-10-9-14(3)11-17(16)23-18(21)12-20-19(22)15-7-5-4-6-8-15/h4-8,12-14,16-17H,9-11H2,1-3H3/t14-,16+,17-/m0/s1. The predicted octanol–water partition coefficient (Wildman–Crippen LogP) is 3.90. The molecule has 0 bridgehead atoms. The monoisotopic (exact) mass is 315 g/mol. The molecule has 0 radical (unpaired) electrons. The average Bonchev–Trinajstić information content (AvgIpc) is 2.53. The molecule has 0 unspecified atom stereocenters. The minimum atomic E-state index is -0.529. The molecule has 1 fully saturated rings. The fourth-order valence-electron chi connectivity index (χ4n) is 3.20. The van der Waals surface area contributed by atoms with Crippen molar-refractivity contribution in [3.8, 4) is 0 Å². The number of rotatable bonds is 4. The van der Waals surface area contributed by atoms with Crippen molar-refractivity contribution in [3.05, 3.63) is 35.9 Å². The van der Waals surface area contributed by atoms with E-state index in [1.807, 2.05) is 6.07 Å². The zero-order valence-electron chi connectivity index (χ0n) is 14.1. The van der Waals surface area contributed by atoms with Gasteiger partial charge in [-0.05, 0) is 42.7 Å². The van der Waals surface area contributed by atoms with Crippen molar-refractivity contribution >= 4 is 18.1 Å². The third-order valence-corrected chi connectivity index (χ3v) is 4.54. The van der Waals surface area contributed by atoms with Crippen molar-refractivity contribution < 1.29 is 14.3 Å². The molecule has 2 rings (SSSR count). The molecule has 1 amide bonds. The van der Waals surface area contributed by atoms with Crippen LogP contribution in [0.3, 0.4) is 0 Å². The molecule has 0 N–H and O–H groups in total. The van der Waals surface area contributed by atoms with Crippen LogP contribution in [0.1, 0.15) is 50.4 Å². The van der Waals surface area contributed by atoms with Crippen molar-refractivity contribution in [3.63, 3.8) is 0 Å². The first-order valence-corrected chi connectivity index (χ1v) is 8.31. The zero-order valence-corrected chi connectivity index (χ0v) is 14.1. The number of esters is 1. The molecule has 3 atom stereocenters. The number of hydrogen-bond acceptors (Lipinski definition) is 3. The van der Waals surface area contributed by atoms with Gasteiger partial charge in [0.2, 0.25) is 0 Å². The van der Waals surface area contributed by atoms with Gasteiger partial charge in [0, 0.05) is 5.56 Å². The molecular weight excluding hydrogens is 290 g/mol. The third-order valence-electron chi connectivity index (χ3n) is 4.54. The van der Waals surface area contributed by atoms with E-state index in [1.165, 1.54) is 6.42 Å². The van der Waals surface area contributed by atoms with E-state index in [0.29, 0.717) is 23.3 Å². The molecule has 124 valence electrons. The van der Waals surface area contributed by atoms with Crippen LogP contribution in [0.2, 0.25) is 0 Å². The van der Waals surface area contributed by atoms with Gasteiger partial charge in [0.05, 0.1) is 0 Å². The van der Waals surface area contributed by atoms with Gasteiger partial charge in [0.25, 0.3) is 5.91 Å². The Morgan fingerprint density at radius 3 is 2.57 bits per heavy atom. The van der Waals surface area contributed by atoms with Crippen LogP contribution in [0.5, 0.6) is 0 Å². The summed E-state index contributed by atoms with van der Waals surface area (Å²) in [4.78, 5) is 27.6. The molecule has 0 spiro atoms. The largest absolute Gasteiger partial charge is 0.458 e. The lowest BCUT2D eigenvalue weighted by atomic mass is 9.75. The Morgan fingerprint density at radius 1 is 1.22 bits per heavy atom. The fourth-order valence-corrected chi connectivity index (χ4v) is 3.20. The van der Waals surface area contributed by atoms with Crippen LogP contribution >= 0.6 is 0 Å². The van der Waals surface area contributed by atoms with Gasteiger partial charge >= 0.3 is 5.97 Å². The topological polar surface area (TPSA) is 55.7 Å². The number of benzene rings is 1. The van der Waals surface area contributed by atoms with Crippen molar-refractivity contribution in [1.29, 1.82) is 0 Å². The van der Waals surface area contributed by atoms with Gasteiger partial charge in [-0.1, -0.05) is 45.4 Å². The molecule has 1 aliphatic carbocycles. The first-order chi connectivity index (χ1) is 11.0. The minimum absolute atomic E-state index is 0.0791. The van der Waals surface area contributed by atoms with Crippen molar-refractivity contribution in [2.45, 2.75) is 46.1 Å². The summed E-state index contributed by atoms with van der Waals surface area (Å²) in [5.41, 5.74) is 0.461. The summed E-state index contributed by atoms with van der Waals surface area (Å²) in [6.45, 7) is 6.51. The Morgan fingerprint density at radius 2 is 1.91 bits per heavy atom. The summed E-state index contributed by atoms with van der Waals surface area (Å²) >= 11 is 0.